The molecule has 1 aromatic heterocycles. The van der Waals surface area contributed by atoms with E-state index >= 15 is 0 Å². The molecular weight excluding hydrogens is 242 g/mol. The minimum absolute atomic E-state index is 0.118. The molecule has 1 aromatic rings. The van der Waals surface area contributed by atoms with Crippen LogP contribution in [0.15, 0.2) is 0 Å². The van der Waals surface area contributed by atoms with Crippen LogP contribution in [0.25, 0.3) is 0 Å². The van der Waals surface area contributed by atoms with E-state index in [9.17, 15) is 4.79 Å². The molecule has 0 aromatic carbocycles. The second-order valence-electron chi connectivity index (χ2n) is 5.75. The highest BCUT2D eigenvalue weighted by molar-refractivity contribution is 5.76. The van der Waals surface area contributed by atoms with E-state index in [0.717, 1.165) is 18.3 Å². The molecule has 4 N–H and O–H groups in total. The van der Waals surface area contributed by atoms with Gasteiger partial charge in [0.1, 0.15) is 5.82 Å². The monoisotopic (exact) mass is 263 g/mol. The fourth-order valence-corrected chi connectivity index (χ4v) is 3.67. The summed E-state index contributed by atoms with van der Waals surface area (Å²) in [6.45, 7) is 0. The Balaban J connectivity index is 1.46. The summed E-state index contributed by atoms with van der Waals surface area (Å²) in [5, 5.41) is 9.67. The minimum Gasteiger partial charge on any atom is -0.367 e. The first-order valence-electron chi connectivity index (χ1n) is 7.18. The fraction of sp³-hybridized carbons (Fsp3) is 0.769. The number of aromatic amines is 1. The van der Waals surface area contributed by atoms with Gasteiger partial charge in [-0.2, -0.15) is 4.98 Å². The van der Waals surface area contributed by atoms with Crippen LogP contribution in [0.5, 0.6) is 0 Å². The molecule has 1 heterocycles. The lowest BCUT2D eigenvalue weighted by Crippen LogP contribution is -2.37. The molecule has 6 nitrogen and oxygen atoms in total. The first kappa shape index (κ1) is 12.4. The highest BCUT2D eigenvalue weighted by Crippen LogP contribution is 2.43. The Morgan fingerprint density at radius 3 is 3.05 bits per heavy atom. The maximum Gasteiger partial charge on any atom is 0.239 e. The molecule has 2 fully saturated rings. The van der Waals surface area contributed by atoms with Crippen molar-refractivity contribution >= 4 is 11.9 Å². The van der Waals surface area contributed by atoms with Gasteiger partial charge >= 0.3 is 0 Å². The second kappa shape index (κ2) is 5.19. The fourth-order valence-electron chi connectivity index (χ4n) is 3.67. The van der Waals surface area contributed by atoms with Crippen molar-refractivity contribution in [2.45, 2.75) is 51.0 Å². The van der Waals surface area contributed by atoms with Crippen LogP contribution >= 0.6 is 0 Å². The number of nitrogens with two attached hydrogens (primary N) is 1. The van der Waals surface area contributed by atoms with Crippen LogP contribution in [-0.4, -0.2) is 27.1 Å². The SMILES string of the molecule is Nc1n[nH]c(CCC(=O)N[C@@H]2CC[C@H]3CCC[C@H]32)n1. The summed E-state index contributed by atoms with van der Waals surface area (Å²) in [5.74, 6) is 2.62. The zero-order valence-electron chi connectivity index (χ0n) is 11.1. The lowest BCUT2D eigenvalue weighted by molar-refractivity contribution is -0.122. The Hall–Kier alpha value is -1.59. The third kappa shape index (κ3) is 2.72. The molecule has 1 amide bonds. The average molecular weight is 263 g/mol. The van der Waals surface area contributed by atoms with Gasteiger partial charge in [0, 0.05) is 18.9 Å². The highest BCUT2D eigenvalue weighted by atomic mass is 16.1. The number of amides is 1. The first-order valence-corrected chi connectivity index (χ1v) is 7.18. The largest absolute Gasteiger partial charge is 0.367 e. The molecule has 0 aliphatic heterocycles. The summed E-state index contributed by atoms with van der Waals surface area (Å²) in [7, 11) is 0. The van der Waals surface area contributed by atoms with Gasteiger partial charge in [0.25, 0.3) is 0 Å². The number of nitrogens with one attached hydrogen (secondary N) is 2. The van der Waals surface area contributed by atoms with Crippen LogP contribution < -0.4 is 11.1 Å². The summed E-state index contributed by atoms with van der Waals surface area (Å²) < 4.78 is 0. The number of nitrogen functional groups attached to an aromatic ring is 1. The van der Waals surface area contributed by atoms with Crippen LogP contribution in [-0.2, 0) is 11.2 Å². The summed E-state index contributed by atoms with van der Waals surface area (Å²) in [5.41, 5.74) is 5.42. The highest BCUT2D eigenvalue weighted by Gasteiger charge is 2.39. The van der Waals surface area contributed by atoms with Crippen molar-refractivity contribution in [3.63, 3.8) is 0 Å². The molecule has 0 bridgehead atoms. The number of aromatic nitrogens is 3. The van der Waals surface area contributed by atoms with E-state index < -0.39 is 0 Å². The van der Waals surface area contributed by atoms with Crippen LogP contribution in [0, 0.1) is 11.8 Å². The lowest BCUT2D eigenvalue weighted by atomic mass is 9.97. The standard InChI is InChI=1S/C13H21N5O/c14-13-16-11(17-18-13)6-7-12(19)15-10-5-4-8-2-1-3-9(8)10/h8-10H,1-7H2,(H,15,19)(H3,14,16,17,18)/t8-,9-,10-/m1/s1. The molecule has 3 rings (SSSR count). The third-order valence-corrected chi connectivity index (χ3v) is 4.57. The number of nitrogens with zero attached hydrogens (tertiary/aromatic N) is 2. The van der Waals surface area contributed by atoms with Gasteiger partial charge in [0.05, 0.1) is 0 Å². The maximum atomic E-state index is 12.0. The van der Waals surface area contributed by atoms with Crippen molar-refractivity contribution in [3.05, 3.63) is 5.82 Å². The van der Waals surface area contributed by atoms with Crippen molar-refractivity contribution < 1.29 is 4.79 Å². The number of anilines is 1. The van der Waals surface area contributed by atoms with Crippen LogP contribution in [0.1, 0.15) is 44.3 Å². The van der Waals surface area contributed by atoms with E-state index in [2.05, 4.69) is 20.5 Å². The maximum absolute atomic E-state index is 12.0. The number of carbonyl (C=O) groups excluding carboxylic acids is 1. The number of carbonyl (C=O) groups is 1. The number of fused-ring (bicyclic) bond motifs is 1. The van der Waals surface area contributed by atoms with Gasteiger partial charge in [0.15, 0.2) is 0 Å². The van der Waals surface area contributed by atoms with Crippen molar-refractivity contribution in [2.24, 2.45) is 11.8 Å². The molecule has 19 heavy (non-hydrogen) atoms. The minimum atomic E-state index is 0.118. The molecular formula is C13H21N5O. The normalized spacial score (nSPS) is 29.4. The molecule has 0 saturated heterocycles. The Labute approximate surface area is 112 Å². The predicted octanol–water partition coefficient (Wildman–Crippen LogP) is 1.01. The molecule has 2 aliphatic rings. The zero-order chi connectivity index (χ0) is 13.2. The van der Waals surface area contributed by atoms with Gasteiger partial charge in [-0.3, -0.25) is 9.89 Å². The van der Waals surface area contributed by atoms with Gasteiger partial charge < -0.3 is 11.1 Å². The number of hydrogen-bond donors (Lipinski definition) is 3. The van der Waals surface area contributed by atoms with Gasteiger partial charge in [-0.25, -0.2) is 0 Å². The van der Waals surface area contributed by atoms with E-state index in [4.69, 9.17) is 5.73 Å². The summed E-state index contributed by atoms with van der Waals surface area (Å²) in [6.07, 6.45) is 7.42. The van der Waals surface area contributed by atoms with E-state index in [-0.39, 0.29) is 11.9 Å². The topological polar surface area (TPSA) is 96.7 Å². The van der Waals surface area contributed by atoms with E-state index in [1.807, 2.05) is 0 Å². The molecule has 0 spiro atoms. The molecule has 104 valence electrons. The molecule has 0 radical (unpaired) electrons. The van der Waals surface area contributed by atoms with Crippen molar-refractivity contribution in [1.82, 2.24) is 20.5 Å². The van der Waals surface area contributed by atoms with Crippen molar-refractivity contribution in [3.8, 4) is 0 Å². The first-order chi connectivity index (χ1) is 9.22. The van der Waals surface area contributed by atoms with Crippen LogP contribution in [0.2, 0.25) is 0 Å². The van der Waals surface area contributed by atoms with Gasteiger partial charge in [-0.1, -0.05) is 12.8 Å². The molecule has 3 atom stereocenters. The van der Waals surface area contributed by atoms with Crippen molar-refractivity contribution in [1.29, 1.82) is 0 Å². The quantitative estimate of drug-likeness (QED) is 0.755. The van der Waals surface area contributed by atoms with Crippen LogP contribution in [0.4, 0.5) is 5.95 Å². The predicted molar refractivity (Wildman–Crippen MR) is 71.1 cm³/mol. The Morgan fingerprint density at radius 1 is 1.37 bits per heavy atom. The second-order valence-corrected chi connectivity index (χ2v) is 5.75. The smallest absolute Gasteiger partial charge is 0.239 e. The Morgan fingerprint density at radius 2 is 2.26 bits per heavy atom. The number of hydrogen-bond acceptors (Lipinski definition) is 4. The third-order valence-electron chi connectivity index (χ3n) is 4.57. The molecule has 6 heteroatoms. The van der Waals surface area contributed by atoms with Gasteiger partial charge in [-0.15, -0.1) is 5.10 Å². The Kier molecular flexibility index (Phi) is 3.40. The zero-order valence-corrected chi connectivity index (χ0v) is 11.1. The Bertz CT molecular complexity index is 458. The number of H-pyrrole nitrogens is 1. The van der Waals surface area contributed by atoms with E-state index in [1.165, 1.54) is 25.7 Å². The number of rotatable bonds is 4. The molecule has 2 saturated carbocycles. The summed E-state index contributed by atoms with van der Waals surface area (Å²) in [4.78, 5) is 16.0. The molecule has 2 aliphatic carbocycles. The van der Waals surface area contributed by atoms with E-state index in [0.29, 0.717) is 24.7 Å². The van der Waals surface area contributed by atoms with Crippen molar-refractivity contribution in [2.75, 3.05) is 5.73 Å². The summed E-state index contributed by atoms with van der Waals surface area (Å²) in [6, 6.07) is 0.403. The number of aryl methyl sites for hydroxylation is 1. The van der Waals surface area contributed by atoms with Gasteiger partial charge in [-0.05, 0) is 31.1 Å². The average Bonchev–Trinajstić information content (AvgIpc) is 3.05. The summed E-state index contributed by atoms with van der Waals surface area (Å²) >= 11 is 0. The van der Waals surface area contributed by atoms with Crippen LogP contribution in [0.3, 0.4) is 0 Å². The lowest BCUT2D eigenvalue weighted by Gasteiger charge is -2.19. The van der Waals surface area contributed by atoms with Gasteiger partial charge in [0.2, 0.25) is 11.9 Å². The molecule has 0 unspecified atom stereocenters. The van der Waals surface area contributed by atoms with E-state index in [1.54, 1.807) is 0 Å².